The summed E-state index contributed by atoms with van der Waals surface area (Å²) in [6.45, 7) is 15.3. The van der Waals surface area contributed by atoms with E-state index in [4.69, 9.17) is 11.8 Å². The quantitative estimate of drug-likeness (QED) is 0.336. The first-order chi connectivity index (χ1) is 15.5. The molecule has 1 aliphatic heterocycles. The number of benzene rings is 2. The van der Waals surface area contributed by atoms with E-state index in [1.54, 1.807) is 12.1 Å². The second-order valence-electron chi connectivity index (χ2n) is 9.61. The third-order valence-corrected chi connectivity index (χ3v) is 12.1. The molecular formula is C25H38N3O3PS2. The van der Waals surface area contributed by atoms with Crippen molar-refractivity contribution in [2.75, 3.05) is 26.0 Å². The van der Waals surface area contributed by atoms with Gasteiger partial charge in [-0.2, -0.15) is 0 Å². The predicted molar refractivity (Wildman–Crippen MR) is 147 cm³/mol. The molecule has 1 atom stereocenters. The Kier molecular flexibility index (Phi) is 8.93. The summed E-state index contributed by atoms with van der Waals surface area (Å²) < 4.78 is 36.0. The summed E-state index contributed by atoms with van der Waals surface area (Å²) >= 11 is 6.51. The van der Waals surface area contributed by atoms with Crippen LogP contribution in [-0.4, -0.2) is 61.0 Å². The number of fused-ring (bicyclic) bond motifs is 1. The number of hydrogen-bond donors (Lipinski definition) is 0. The Morgan fingerprint density at radius 2 is 1.47 bits per heavy atom. The first-order valence-electron chi connectivity index (χ1n) is 11.3. The van der Waals surface area contributed by atoms with E-state index in [1.165, 1.54) is 39.8 Å². The Morgan fingerprint density at radius 1 is 0.971 bits per heavy atom. The normalized spacial score (nSPS) is 17.8. The van der Waals surface area contributed by atoms with Crippen LogP contribution in [0.3, 0.4) is 0 Å². The molecule has 0 aromatic heterocycles. The molecule has 9 heteroatoms. The van der Waals surface area contributed by atoms with Crippen LogP contribution in [0.1, 0.15) is 44.4 Å². The van der Waals surface area contributed by atoms with Gasteiger partial charge in [0, 0.05) is 12.1 Å². The van der Waals surface area contributed by atoms with Gasteiger partial charge in [-0.3, -0.25) is 9.25 Å². The zero-order valence-electron chi connectivity index (χ0n) is 21.9. The summed E-state index contributed by atoms with van der Waals surface area (Å²) in [4.78, 5) is 2.16. The molecule has 0 aliphatic carbocycles. The van der Waals surface area contributed by atoms with Crippen LogP contribution in [0.25, 0.3) is 0 Å². The number of amidine groups is 1. The predicted octanol–water partition coefficient (Wildman–Crippen LogP) is 4.42. The van der Waals surface area contributed by atoms with Crippen molar-refractivity contribution in [2.24, 2.45) is 0 Å². The monoisotopic (exact) mass is 523 g/mol. The topological polar surface area (TPSA) is 66.7 Å². The van der Waals surface area contributed by atoms with E-state index < -0.39 is 16.3 Å². The minimum atomic E-state index is -4.27. The van der Waals surface area contributed by atoms with Crippen molar-refractivity contribution in [3.05, 3.63) is 53.1 Å². The average molecular weight is 524 g/mol. The molecule has 2 aromatic rings. The molecule has 2 aromatic carbocycles. The smallest absolute Gasteiger partial charge is 0.300 e. The molecule has 6 nitrogen and oxygen atoms in total. The standard InChI is InChI=1S/C18H31N3PS.C7H8O3S/c1-12(2)21(13(3)4)22(23)16-11-14(5)10-15(6)17(16)20(9)18(22)19(7)8;1-6-2-4-7(5-3-6)11(8,9)10/h10-13H,1-9H3;2-5H,1H3,(H,8,9,10)/q+1;/p-1. The molecular weight excluding hydrogens is 485 g/mol. The fraction of sp³-hybridized carbons (Fsp3) is 0.480. The number of hydrogen-bond acceptors (Lipinski definition) is 4. The van der Waals surface area contributed by atoms with E-state index in [9.17, 15) is 13.0 Å². The second kappa shape index (κ2) is 10.6. The Labute approximate surface area is 211 Å². The van der Waals surface area contributed by atoms with Crippen LogP contribution in [-0.2, 0) is 21.9 Å². The molecule has 0 bridgehead atoms. The van der Waals surface area contributed by atoms with Gasteiger partial charge in [0.25, 0.3) is 5.58 Å². The highest BCUT2D eigenvalue weighted by Crippen LogP contribution is 2.60. The van der Waals surface area contributed by atoms with Crippen molar-refractivity contribution >= 4 is 44.7 Å². The molecule has 0 N–H and O–H groups in total. The van der Waals surface area contributed by atoms with Gasteiger partial charge in [-0.1, -0.05) is 35.6 Å². The van der Waals surface area contributed by atoms with Crippen molar-refractivity contribution in [2.45, 2.75) is 65.4 Å². The summed E-state index contributed by atoms with van der Waals surface area (Å²) in [5.74, 6) is 0. The van der Waals surface area contributed by atoms with E-state index in [0.29, 0.717) is 12.1 Å². The zero-order valence-corrected chi connectivity index (χ0v) is 24.5. The van der Waals surface area contributed by atoms with Gasteiger partial charge in [-0.05, 0) is 77.8 Å². The highest BCUT2D eigenvalue weighted by atomic mass is 32.4. The van der Waals surface area contributed by atoms with Crippen LogP contribution in [0.4, 0.5) is 5.69 Å². The van der Waals surface area contributed by atoms with Gasteiger partial charge in [0.1, 0.15) is 15.8 Å². The summed E-state index contributed by atoms with van der Waals surface area (Å²) in [6, 6.07) is 11.2. The van der Waals surface area contributed by atoms with Gasteiger partial charge in [0.15, 0.2) is 6.19 Å². The first-order valence-corrected chi connectivity index (χ1v) is 15.5. The average Bonchev–Trinajstić information content (AvgIpc) is 2.88. The molecule has 0 amide bonds. The molecule has 0 saturated carbocycles. The third-order valence-electron chi connectivity index (χ3n) is 5.75. The van der Waals surface area contributed by atoms with Crippen LogP contribution in [0.15, 0.2) is 41.3 Å². The Hall–Kier alpha value is -1.57. The summed E-state index contributed by atoms with van der Waals surface area (Å²) in [6.07, 6.45) is -2.02. The Balaban J connectivity index is 0.000000310. The minimum Gasteiger partial charge on any atom is -0.744 e. The maximum absolute atomic E-state index is 10.4. The molecule has 3 rings (SSSR count). The largest absolute Gasteiger partial charge is 0.744 e. The molecule has 0 fully saturated rings. The maximum atomic E-state index is 10.4. The van der Waals surface area contributed by atoms with Gasteiger partial charge in [0.05, 0.1) is 31.3 Å². The van der Waals surface area contributed by atoms with Gasteiger partial charge in [-0.15, -0.1) is 0 Å². The molecule has 0 radical (unpaired) electrons. The lowest BCUT2D eigenvalue weighted by molar-refractivity contribution is -0.462. The zero-order chi connectivity index (χ0) is 26.2. The minimum absolute atomic E-state index is 0.178. The van der Waals surface area contributed by atoms with E-state index >= 15 is 0 Å². The van der Waals surface area contributed by atoms with Crippen LogP contribution >= 0.6 is 6.19 Å². The molecule has 1 aliphatic rings. The van der Waals surface area contributed by atoms with Crippen molar-refractivity contribution < 1.29 is 17.5 Å². The number of nitrogens with zero attached hydrogens (tertiary/aromatic N) is 3. The Morgan fingerprint density at radius 3 is 1.88 bits per heavy atom. The van der Waals surface area contributed by atoms with Crippen molar-refractivity contribution in [1.82, 2.24) is 4.67 Å². The van der Waals surface area contributed by atoms with Crippen LogP contribution in [0.5, 0.6) is 0 Å². The number of rotatable bonds is 4. The van der Waals surface area contributed by atoms with Crippen LogP contribution in [0.2, 0.25) is 0 Å². The van der Waals surface area contributed by atoms with Gasteiger partial charge in [-0.25, -0.2) is 13.3 Å². The van der Waals surface area contributed by atoms with Gasteiger partial charge < -0.3 is 4.55 Å². The lowest BCUT2D eigenvalue weighted by Crippen LogP contribution is -2.41. The van der Waals surface area contributed by atoms with Crippen molar-refractivity contribution in [1.29, 1.82) is 0 Å². The third kappa shape index (κ3) is 5.63. The van der Waals surface area contributed by atoms with Crippen molar-refractivity contribution in [3.63, 3.8) is 0 Å². The molecule has 0 spiro atoms. The van der Waals surface area contributed by atoms with E-state index in [2.05, 4.69) is 89.0 Å². The van der Waals surface area contributed by atoms with Crippen LogP contribution in [0, 0.1) is 20.8 Å². The van der Waals surface area contributed by atoms with Crippen molar-refractivity contribution in [3.8, 4) is 0 Å². The summed E-state index contributed by atoms with van der Waals surface area (Å²) in [5, 5.41) is 1.36. The molecule has 188 valence electrons. The van der Waals surface area contributed by atoms with E-state index in [1.807, 2.05) is 6.92 Å². The second-order valence-corrected chi connectivity index (χ2v) is 15.1. The van der Waals surface area contributed by atoms with E-state index in [0.717, 1.165) is 5.56 Å². The lowest BCUT2D eigenvalue weighted by Gasteiger charge is -2.37. The van der Waals surface area contributed by atoms with E-state index in [-0.39, 0.29) is 4.90 Å². The maximum Gasteiger partial charge on any atom is 0.300 e. The molecule has 34 heavy (non-hydrogen) atoms. The molecule has 1 heterocycles. The fourth-order valence-electron chi connectivity index (χ4n) is 4.77. The number of anilines is 1. The lowest BCUT2D eigenvalue weighted by atomic mass is 10.1. The highest BCUT2D eigenvalue weighted by Gasteiger charge is 2.52. The Bertz CT molecular complexity index is 1220. The highest BCUT2D eigenvalue weighted by molar-refractivity contribution is 8.25. The fourth-order valence-corrected chi connectivity index (χ4v) is 11.7. The number of aryl methyl sites for hydroxylation is 3. The first kappa shape index (κ1) is 28.7. The van der Waals surface area contributed by atoms with Crippen LogP contribution < -0.4 is 10.2 Å². The summed E-state index contributed by atoms with van der Waals surface area (Å²) in [7, 11) is 2.15. The summed E-state index contributed by atoms with van der Waals surface area (Å²) in [5.41, 5.74) is 6.14. The molecule has 1 unspecified atom stereocenters. The van der Waals surface area contributed by atoms with Gasteiger partial charge in [0.2, 0.25) is 0 Å². The molecule has 0 saturated heterocycles. The SMILES string of the molecule is Cc1cc(C)c2c(c1)P(=S)(N(C(C)C)C(C)C)C(=[N+](C)C)N2C.Cc1ccc(S(=O)(=O)[O-])cc1. The van der Waals surface area contributed by atoms with Gasteiger partial charge >= 0.3 is 0 Å².